The molecule has 1 aromatic heterocycles. The molecule has 0 aliphatic carbocycles. The van der Waals surface area contributed by atoms with Crippen molar-refractivity contribution in [3.8, 4) is 5.88 Å². The summed E-state index contributed by atoms with van der Waals surface area (Å²) in [5.41, 5.74) is 9.30. The zero-order chi connectivity index (χ0) is 13.8. The largest absolute Gasteiger partial charge is 0.481 e. The quantitative estimate of drug-likeness (QED) is 0.932. The summed E-state index contributed by atoms with van der Waals surface area (Å²) in [5.74, 6) is 0.568. The van der Waals surface area contributed by atoms with Crippen molar-refractivity contribution >= 4 is 11.6 Å². The number of nitrogens with zero attached hydrogens (tertiary/aromatic N) is 1. The van der Waals surface area contributed by atoms with E-state index in [0.29, 0.717) is 12.3 Å². The van der Waals surface area contributed by atoms with E-state index in [9.17, 15) is 0 Å². The molecule has 0 fully saturated rings. The van der Waals surface area contributed by atoms with Gasteiger partial charge < -0.3 is 10.5 Å². The summed E-state index contributed by atoms with van der Waals surface area (Å²) in [5, 5.41) is 0.748. The summed E-state index contributed by atoms with van der Waals surface area (Å²) < 4.78 is 5.23. The average Bonchev–Trinajstić information content (AvgIpc) is 2.41. The third kappa shape index (κ3) is 3.25. The molecule has 0 amide bonds. The summed E-state index contributed by atoms with van der Waals surface area (Å²) in [4.78, 5) is 4.16. The van der Waals surface area contributed by atoms with Gasteiger partial charge in [0.1, 0.15) is 0 Å². The van der Waals surface area contributed by atoms with E-state index in [1.54, 1.807) is 13.3 Å². The number of ether oxygens (including phenoxy) is 1. The number of rotatable bonds is 4. The second kappa shape index (κ2) is 6.04. The molecular formula is C15H17ClN2O. The van der Waals surface area contributed by atoms with Gasteiger partial charge in [-0.2, -0.15) is 0 Å². The lowest BCUT2D eigenvalue weighted by atomic mass is 10.00. The Morgan fingerprint density at radius 1 is 1.37 bits per heavy atom. The highest BCUT2D eigenvalue weighted by Gasteiger charge is 2.14. The Balaban J connectivity index is 2.23. The minimum Gasteiger partial charge on any atom is -0.481 e. The SMILES string of the molecule is COc1ncccc1C(N)Cc1ccc(C)cc1Cl. The zero-order valence-corrected chi connectivity index (χ0v) is 11.8. The first kappa shape index (κ1) is 13.8. The molecule has 2 N–H and O–H groups in total. The maximum Gasteiger partial charge on any atom is 0.217 e. The summed E-state index contributed by atoms with van der Waals surface area (Å²) in [6.07, 6.45) is 2.34. The van der Waals surface area contributed by atoms with Gasteiger partial charge in [0.2, 0.25) is 5.88 Å². The second-order valence-electron chi connectivity index (χ2n) is 4.51. The third-order valence-corrected chi connectivity index (χ3v) is 3.39. The monoisotopic (exact) mass is 276 g/mol. The lowest BCUT2D eigenvalue weighted by Gasteiger charge is -2.15. The van der Waals surface area contributed by atoms with Crippen LogP contribution in [-0.4, -0.2) is 12.1 Å². The van der Waals surface area contributed by atoms with Gasteiger partial charge in [-0.25, -0.2) is 4.98 Å². The van der Waals surface area contributed by atoms with Crippen molar-refractivity contribution in [1.82, 2.24) is 4.98 Å². The maximum absolute atomic E-state index is 6.23. The molecule has 2 aromatic rings. The third-order valence-electron chi connectivity index (χ3n) is 3.04. The van der Waals surface area contributed by atoms with Crippen molar-refractivity contribution in [2.75, 3.05) is 7.11 Å². The van der Waals surface area contributed by atoms with Gasteiger partial charge in [0.05, 0.1) is 7.11 Å². The van der Waals surface area contributed by atoms with Crippen LogP contribution in [-0.2, 0) is 6.42 Å². The van der Waals surface area contributed by atoms with Crippen molar-refractivity contribution < 1.29 is 4.74 Å². The van der Waals surface area contributed by atoms with E-state index in [4.69, 9.17) is 22.1 Å². The van der Waals surface area contributed by atoms with E-state index in [1.807, 2.05) is 37.3 Å². The molecule has 19 heavy (non-hydrogen) atoms. The molecule has 0 saturated carbocycles. The highest BCUT2D eigenvalue weighted by atomic mass is 35.5. The molecule has 4 heteroatoms. The van der Waals surface area contributed by atoms with E-state index < -0.39 is 0 Å². The van der Waals surface area contributed by atoms with E-state index >= 15 is 0 Å². The number of aromatic nitrogens is 1. The van der Waals surface area contributed by atoms with Crippen LogP contribution in [0.25, 0.3) is 0 Å². The number of benzene rings is 1. The Hall–Kier alpha value is -1.58. The molecule has 3 nitrogen and oxygen atoms in total. The highest BCUT2D eigenvalue weighted by Crippen LogP contribution is 2.26. The number of aryl methyl sites for hydroxylation is 1. The number of hydrogen-bond donors (Lipinski definition) is 1. The molecule has 0 aliphatic rings. The van der Waals surface area contributed by atoms with Crippen LogP contribution in [0.1, 0.15) is 22.7 Å². The van der Waals surface area contributed by atoms with Crippen LogP contribution in [0.4, 0.5) is 0 Å². The van der Waals surface area contributed by atoms with Crippen molar-refractivity contribution in [3.05, 3.63) is 58.2 Å². The Morgan fingerprint density at radius 3 is 2.84 bits per heavy atom. The summed E-state index contributed by atoms with van der Waals surface area (Å²) in [6, 6.07) is 9.59. The highest BCUT2D eigenvalue weighted by molar-refractivity contribution is 6.31. The van der Waals surface area contributed by atoms with Crippen molar-refractivity contribution in [3.63, 3.8) is 0 Å². The molecule has 2 rings (SSSR count). The van der Waals surface area contributed by atoms with E-state index in [2.05, 4.69) is 4.98 Å². The Kier molecular flexibility index (Phi) is 4.40. The molecule has 1 atom stereocenters. The average molecular weight is 277 g/mol. The van der Waals surface area contributed by atoms with E-state index in [0.717, 1.165) is 21.7 Å². The smallest absolute Gasteiger partial charge is 0.217 e. The van der Waals surface area contributed by atoms with Crippen molar-refractivity contribution in [1.29, 1.82) is 0 Å². The normalized spacial score (nSPS) is 12.2. The molecule has 0 saturated heterocycles. The summed E-state index contributed by atoms with van der Waals surface area (Å²) >= 11 is 6.23. The molecule has 1 heterocycles. The fraction of sp³-hybridized carbons (Fsp3) is 0.267. The predicted octanol–water partition coefficient (Wildman–Crippen LogP) is 3.29. The van der Waals surface area contributed by atoms with Gasteiger partial charge >= 0.3 is 0 Å². The van der Waals surface area contributed by atoms with Crippen LogP contribution in [0.15, 0.2) is 36.5 Å². The maximum atomic E-state index is 6.23. The van der Waals surface area contributed by atoms with Crippen LogP contribution < -0.4 is 10.5 Å². The van der Waals surface area contributed by atoms with Gasteiger partial charge in [0.25, 0.3) is 0 Å². The van der Waals surface area contributed by atoms with Crippen LogP contribution >= 0.6 is 11.6 Å². The van der Waals surface area contributed by atoms with Crippen LogP contribution in [0, 0.1) is 6.92 Å². The van der Waals surface area contributed by atoms with Crippen LogP contribution in [0.2, 0.25) is 5.02 Å². The van der Waals surface area contributed by atoms with Gasteiger partial charge in [-0.05, 0) is 36.6 Å². The first-order valence-corrected chi connectivity index (χ1v) is 6.49. The fourth-order valence-corrected chi connectivity index (χ4v) is 2.33. The molecule has 0 radical (unpaired) electrons. The fourth-order valence-electron chi connectivity index (χ4n) is 2.02. The molecule has 1 aromatic carbocycles. The Morgan fingerprint density at radius 2 is 2.16 bits per heavy atom. The number of halogens is 1. The van der Waals surface area contributed by atoms with Gasteiger partial charge in [-0.15, -0.1) is 0 Å². The van der Waals surface area contributed by atoms with E-state index in [-0.39, 0.29) is 6.04 Å². The summed E-state index contributed by atoms with van der Waals surface area (Å²) in [7, 11) is 1.59. The number of pyridine rings is 1. The topological polar surface area (TPSA) is 48.1 Å². The number of methoxy groups -OCH3 is 1. The first-order chi connectivity index (χ1) is 9.11. The van der Waals surface area contributed by atoms with Crippen LogP contribution in [0.3, 0.4) is 0 Å². The minimum atomic E-state index is -0.191. The second-order valence-corrected chi connectivity index (χ2v) is 4.91. The van der Waals surface area contributed by atoms with Gasteiger partial charge in [-0.1, -0.05) is 29.8 Å². The lowest BCUT2D eigenvalue weighted by Crippen LogP contribution is -2.15. The molecule has 0 bridgehead atoms. The van der Waals surface area contributed by atoms with E-state index in [1.165, 1.54) is 0 Å². The van der Waals surface area contributed by atoms with Crippen LogP contribution in [0.5, 0.6) is 5.88 Å². The predicted molar refractivity (Wildman–Crippen MR) is 77.6 cm³/mol. The van der Waals surface area contributed by atoms with Gasteiger partial charge in [0, 0.05) is 22.8 Å². The van der Waals surface area contributed by atoms with Gasteiger partial charge in [-0.3, -0.25) is 0 Å². The van der Waals surface area contributed by atoms with Crippen molar-refractivity contribution in [2.24, 2.45) is 5.73 Å². The lowest BCUT2D eigenvalue weighted by molar-refractivity contribution is 0.388. The van der Waals surface area contributed by atoms with Crippen molar-refractivity contribution in [2.45, 2.75) is 19.4 Å². The summed E-state index contributed by atoms with van der Waals surface area (Å²) in [6.45, 7) is 2.01. The van der Waals surface area contributed by atoms with Gasteiger partial charge in [0.15, 0.2) is 0 Å². The molecule has 1 unspecified atom stereocenters. The molecule has 0 spiro atoms. The molecule has 0 aliphatic heterocycles. The standard InChI is InChI=1S/C15H17ClN2O/c1-10-5-6-11(13(16)8-10)9-14(17)12-4-3-7-18-15(12)19-2/h3-8,14H,9,17H2,1-2H3. The molecular weight excluding hydrogens is 260 g/mol. The first-order valence-electron chi connectivity index (χ1n) is 6.11. The number of hydrogen-bond acceptors (Lipinski definition) is 3. The zero-order valence-electron chi connectivity index (χ0n) is 11.1. The molecule has 100 valence electrons. The Labute approximate surface area is 118 Å². The number of nitrogens with two attached hydrogens (primary N) is 1. The Bertz CT molecular complexity index is 572. The minimum absolute atomic E-state index is 0.191.